The molecular weight excluding hydrogens is 375 g/mol. The second kappa shape index (κ2) is 6.02. The average molecular weight is 391 g/mol. The average Bonchev–Trinajstić information content (AvgIpc) is 2.78. The first-order valence-electron chi connectivity index (χ1n) is 7.42. The standard InChI is InChI=1S/C18H16BrFN2O2/c1-18(2,3)24-17(23)22-13-5-4-10-21-15(13)14(16(22)19)11-6-8-12(20)9-7-11/h4-10H,1-3H3. The maximum absolute atomic E-state index is 13.2. The molecule has 2 aromatic heterocycles. The highest BCUT2D eigenvalue weighted by molar-refractivity contribution is 9.10. The van der Waals surface area contributed by atoms with Gasteiger partial charge in [-0.1, -0.05) is 12.1 Å². The minimum Gasteiger partial charge on any atom is -0.443 e. The summed E-state index contributed by atoms with van der Waals surface area (Å²) in [5, 5.41) is 0. The van der Waals surface area contributed by atoms with Gasteiger partial charge in [0.1, 0.15) is 16.0 Å². The van der Waals surface area contributed by atoms with Crippen molar-refractivity contribution in [1.82, 2.24) is 9.55 Å². The van der Waals surface area contributed by atoms with E-state index in [2.05, 4.69) is 20.9 Å². The first kappa shape index (κ1) is 16.6. The van der Waals surface area contributed by atoms with Gasteiger partial charge >= 0.3 is 6.09 Å². The summed E-state index contributed by atoms with van der Waals surface area (Å²) in [6.45, 7) is 5.43. The molecule has 0 spiro atoms. The van der Waals surface area contributed by atoms with Crippen LogP contribution in [0.1, 0.15) is 20.8 Å². The SMILES string of the molecule is CC(C)(C)OC(=O)n1c(Br)c(-c2ccc(F)cc2)c2ncccc21. The van der Waals surface area contributed by atoms with Gasteiger partial charge in [-0.2, -0.15) is 0 Å². The Bertz CT molecular complexity index is 911. The summed E-state index contributed by atoms with van der Waals surface area (Å²) in [5.41, 5.74) is 2.12. The molecule has 0 atom stereocenters. The number of carbonyl (C=O) groups excluding carboxylic acids is 1. The van der Waals surface area contributed by atoms with Crippen LogP contribution < -0.4 is 0 Å². The molecule has 0 aliphatic heterocycles. The second-order valence-corrected chi connectivity index (χ2v) is 7.11. The van der Waals surface area contributed by atoms with E-state index in [1.165, 1.54) is 16.7 Å². The Labute approximate surface area is 147 Å². The van der Waals surface area contributed by atoms with Crippen LogP contribution in [0.25, 0.3) is 22.2 Å². The van der Waals surface area contributed by atoms with Crippen molar-refractivity contribution in [3.05, 3.63) is 53.0 Å². The van der Waals surface area contributed by atoms with Gasteiger partial charge in [0, 0.05) is 11.8 Å². The zero-order valence-corrected chi connectivity index (χ0v) is 15.1. The number of halogens is 2. The van der Waals surface area contributed by atoms with Crippen LogP contribution in [-0.2, 0) is 4.74 Å². The molecule has 0 bridgehead atoms. The van der Waals surface area contributed by atoms with Gasteiger partial charge in [0.05, 0.1) is 11.0 Å². The van der Waals surface area contributed by atoms with E-state index >= 15 is 0 Å². The molecule has 0 aliphatic carbocycles. The van der Waals surface area contributed by atoms with Crippen LogP contribution in [0.15, 0.2) is 47.2 Å². The fourth-order valence-electron chi connectivity index (χ4n) is 2.44. The van der Waals surface area contributed by atoms with Crippen molar-refractivity contribution in [3.63, 3.8) is 0 Å². The lowest BCUT2D eigenvalue weighted by Gasteiger charge is -2.20. The molecule has 6 heteroatoms. The van der Waals surface area contributed by atoms with E-state index in [0.717, 1.165) is 11.1 Å². The van der Waals surface area contributed by atoms with Gasteiger partial charge in [0.15, 0.2) is 0 Å². The van der Waals surface area contributed by atoms with Gasteiger partial charge in [0.2, 0.25) is 0 Å². The Hall–Kier alpha value is -2.21. The number of aromatic nitrogens is 2. The van der Waals surface area contributed by atoms with E-state index in [1.54, 1.807) is 30.5 Å². The van der Waals surface area contributed by atoms with E-state index < -0.39 is 11.7 Å². The lowest BCUT2D eigenvalue weighted by atomic mass is 10.1. The number of carbonyl (C=O) groups is 1. The third-order valence-electron chi connectivity index (χ3n) is 3.38. The van der Waals surface area contributed by atoms with Crippen LogP contribution in [0.5, 0.6) is 0 Å². The molecule has 0 unspecified atom stereocenters. The second-order valence-electron chi connectivity index (χ2n) is 6.36. The summed E-state index contributed by atoms with van der Waals surface area (Å²) in [6.07, 6.45) is 1.15. The van der Waals surface area contributed by atoms with Crippen molar-refractivity contribution in [2.24, 2.45) is 0 Å². The fourth-order valence-corrected chi connectivity index (χ4v) is 3.20. The number of ether oxygens (including phenoxy) is 1. The van der Waals surface area contributed by atoms with Gasteiger partial charge in [-0.3, -0.25) is 4.98 Å². The van der Waals surface area contributed by atoms with Crippen molar-refractivity contribution in [2.45, 2.75) is 26.4 Å². The third-order valence-corrected chi connectivity index (χ3v) is 4.13. The first-order valence-corrected chi connectivity index (χ1v) is 8.21. The topological polar surface area (TPSA) is 44.1 Å². The zero-order chi connectivity index (χ0) is 17.5. The lowest BCUT2D eigenvalue weighted by molar-refractivity contribution is 0.0541. The Balaban J connectivity index is 2.23. The highest BCUT2D eigenvalue weighted by atomic mass is 79.9. The van der Waals surface area contributed by atoms with Crippen LogP contribution >= 0.6 is 15.9 Å². The van der Waals surface area contributed by atoms with Gasteiger partial charge in [-0.05, 0) is 66.5 Å². The Morgan fingerprint density at radius 2 is 1.88 bits per heavy atom. The first-order chi connectivity index (χ1) is 11.3. The number of nitrogens with zero attached hydrogens (tertiary/aromatic N) is 2. The van der Waals surface area contributed by atoms with Gasteiger partial charge in [-0.25, -0.2) is 13.8 Å². The largest absolute Gasteiger partial charge is 0.443 e. The number of benzene rings is 1. The van der Waals surface area contributed by atoms with E-state index in [4.69, 9.17) is 4.74 Å². The van der Waals surface area contributed by atoms with E-state index in [9.17, 15) is 9.18 Å². The molecule has 24 heavy (non-hydrogen) atoms. The molecule has 4 nitrogen and oxygen atoms in total. The normalized spacial score (nSPS) is 11.7. The molecule has 3 rings (SSSR count). The molecule has 0 radical (unpaired) electrons. The number of rotatable bonds is 1. The molecule has 0 N–H and O–H groups in total. The van der Waals surface area contributed by atoms with E-state index in [1.807, 2.05) is 20.8 Å². The summed E-state index contributed by atoms with van der Waals surface area (Å²) in [7, 11) is 0. The van der Waals surface area contributed by atoms with Crippen molar-refractivity contribution in [2.75, 3.05) is 0 Å². The highest BCUT2D eigenvalue weighted by Gasteiger charge is 2.25. The molecule has 124 valence electrons. The van der Waals surface area contributed by atoms with Crippen LogP contribution in [0.3, 0.4) is 0 Å². The molecule has 3 aromatic rings. The number of pyridine rings is 1. The van der Waals surface area contributed by atoms with Gasteiger partial charge in [-0.15, -0.1) is 0 Å². The van der Waals surface area contributed by atoms with Gasteiger partial charge < -0.3 is 4.74 Å². The maximum atomic E-state index is 13.2. The molecule has 0 fully saturated rings. The molecule has 0 aliphatic rings. The minimum absolute atomic E-state index is 0.321. The van der Waals surface area contributed by atoms with Crippen LogP contribution in [0.2, 0.25) is 0 Å². The highest BCUT2D eigenvalue weighted by Crippen LogP contribution is 2.37. The van der Waals surface area contributed by atoms with Crippen molar-refractivity contribution < 1.29 is 13.9 Å². The maximum Gasteiger partial charge on any atom is 0.419 e. The van der Waals surface area contributed by atoms with Crippen molar-refractivity contribution in [1.29, 1.82) is 0 Å². The van der Waals surface area contributed by atoms with Crippen LogP contribution in [0, 0.1) is 5.82 Å². The van der Waals surface area contributed by atoms with Crippen molar-refractivity contribution in [3.8, 4) is 11.1 Å². The molecule has 2 heterocycles. The Kier molecular flexibility index (Phi) is 4.17. The summed E-state index contributed by atoms with van der Waals surface area (Å²) in [5.74, 6) is -0.321. The lowest BCUT2D eigenvalue weighted by Crippen LogP contribution is -2.27. The number of hydrogen-bond donors (Lipinski definition) is 0. The monoisotopic (exact) mass is 390 g/mol. The predicted octanol–water partition coefficient (Wildman–Crippen LogP) is 5.39. The molecule has 0 saturated heterocycles. The minimum atomic E-state index is -0.620. The van der Waals surface area contributed by atoms with E-state index in [0.29, 0.717) is 15.6 Å². The molecule has 0 saturated carbocycles. The summed E-state index contributed by atoms with van der Waals surface area (Å²) < 4.78 is 20.7. The summed E-state index contributed by atoms with van der Waals surface area (Å²) in [4.78, 5) is 17.0. The van der Waals surface area contributed by atoms with E-state index in [-0.39, 0.29) is 5.82 Å². The molecular formula is C18H16BrFN2O2. The number of hydrogen-bond acceptors (Lipinski definition) is 3. The van der Waals surface area contributed by atoms with Gasteiger partial charge in [0.25, 0.3) is 0 Å². The molecule has 0 amide bonds. The number of fused-ring (bicyclic) bond motifs is 1. The fraction of sp³-hybridized carbons (Fsp3) is 0.222. The summed E-state index contributed by atoms with van der Waals surface area (Å²) >= 11 is 3.49. The summed E-state index contributed by atoms with van der Waals surface area (Å²) in [6, 6.07) is 9.61. The Morgan fingerprint density at radius 3 is 2.50 bits per heavy atom. The molecule has 1 aromatic carbocycles. The van der Waals surface area contributed by atoms with Crippen LogP contribution in [-0.4, -0.2) is 21.2 Å². The third kappa shape index (κ3) is 3.06. The predicted molar refractivity (Wildman–Crippen MR) is 94.5 cm³/mol. The zero-order valence-electron chi connectivity index (χ0n) is 13.5. The Morgan fingerprint density at radius 1 is 1.21 bits per heavy atom. The van der Waals surface area contributed by atoms with Crippen molar-refractivity contribution >= 4 is 33.1 Å². The smallest absolute Gasteiger partial charge is 0.419 e. The quantitative estimate of drug-likeness (QED) is 0.559. The van der Waals surface area contributed by atoms with Crippen LogP contribution in [0.4, 0.5) is 9.18 Å².